The predicted octanol–water partition coefficient (Wildman–Crippen LogP) is 1.08. The van der Waals surface area contributed by atoms with Crippen molar-refractivity contribution < 1.29 is 9.90 Å². The molecule has 1 N–H and O–H groups in total. The Bertz CT molecular complexity index is 77.4. The fourth-order valence-electron chi connectivity index (χ4n) is 0. The minimum atomic E-state index is -0.833. The van der Waals surface area contributed by atoms with Gasteiger partial charge in [0.1, 0.15) is 0 Å². The number of carboxylic acids is 1. The Morgan fingerprint density at radius 3 is 1.44 bits per heavy atom. The summed E-state index contributed by atoms with van der Waals surface area (Å²) < 4.78 is 0. The molecule has 0 heterocycles. The van der Waals surface area contributed by atoms with E-state index in [0.29, 0.717) is 0 Å². The molecular formula is C5H13LiO2Si. The number of carboxylic acid groups (broad SMARTS) is 1. The average Bonchev–Trinajstić information content (AvgIpc) is 1.19. The van der Waals surface area contributed by atoms with Crippen molar-refractivity contribution in [1.29, 1.82) is 0 Å². The van der Waals surface area contributed by atoms with E-state index in [4.69, 9.17) is 9.90 Å². The third kappa shape index (κ3) is 4050. The number of carbonyl (C=O) groups is 1. The average molecular weight is 140 g/mol. The van der Waals surface area contributed by atoms with Crippen LogP contribution in [0.1, 0.15) is 6.92 Å². The second-order valence-corrected chi connectivity index (χ2v) is 9.52. The van der Waals surface area contributed by atoms with Gasteiger partial charge < -0.3 is 5.11 Å². The molecule has 0 rings (SSSR count). The summed E-state index contributed by atoms with van der Waals surface area (Å²) in [5.41, 5.74) is 0. The van der Waals surface area contributed by atoms with Crippen molar-refractivity contribution in [3.8, 4) is 0 Å². The van der Waals surface area contributed by atoms with Crippen LogP contribution in [0.3, 0.4) is 0 Å². The van der Waals surface area contributed by atoms with Crippen LogP contribution in [0, 0.1) is 0 Å². The maximum atomic E-state index is 9.00. The van der Waals surface area contributed by atoms with Crippen molar-refractivity contribution in [2.75, 3.05) is 0 Å². The molecule has 0 aliphatic carbocycles. The van der Waals surface area contributed by atoms with Crippen LogP contribution >= 0.6 is 0 Å². The summed E-state index contributed by atoms with van der Waals surface area (Å²) >= 11 is 2.33. The first kappa shape index (κ1) is 12.0. The second-order valence-electron chi connectivity index (χ2n) is 3.52. The third-order valence-corrected chi connectivity index (χ3v) is 0. The topological polar surface area (TPSA) is 37.3 Å². The van der Waals surface area contributed by atoms with Gasteiger partial charge >= 0.3 is 43.1 Å². The van der Waals surface area contributed by atoms with E-state index in [9.17, 15) is 0 Å². The van der Waals surface area contributed by atoms with Crippen molar-refractivity contribution in [3.63, 3.8) is 0 Å². The van der Waals surface area contributed by atoms with Crippen molar-refractivity contribution in [3.05, 3.63) is 0 Å². The summed E-state index contributed by atoms with van der Waals surface area (Å²) in [4.78, 5) is 9.00. The first-order valence-corrected chi connectivity index (χ1v) is 6.93. The van der Waals surface area contributed by atoms with Gasteiger partial charge in [-0.05, 0) is 0 Å². The molecular weight excluding hydrogens is 127 g/mol. The molecule has 0 aromatic rings. The second kappa shape index (κ2) is 5.10. The molecule has 0 saturated heterocycles. The molecule has 4 heteroatoms. The standard InChI is InChI=1S/C3H9Si.C2H4O2.Li/c1-4(2)3;1-2(3)4;/h1-3H3;1H3,(H,3,4);. The number of hydrogen-bond acceptors (Lipinski definition) is 1. The van der Waals surface area contributed by atoms with Crippen LogP contribution in [0.15, 0.2) is 0 Å². The Kier molecular flexibility index (Phi) is 6.80. The summed E-state index contributed by atoms with van der Waals surface area (Å²) in [6.45, 7) is 8.06. The number of rotatable bonds is 0. The zero-order valence-corrected chi connectivity index (χ0v) is 7.86. The van der Waals surface area contributed by atoms with Gasteiger partial charge in [-0.1, -0.05) is 0 Å². The van der Waals surface area contributed by atoms with Crippen LogP contribution in [0.25, 0.3) is 0 Å². The van der Waals surface area contributed by atoms with Crippen LogP contribution in [0.5, 0.6) is 0 Å². The van der Waals surface area contributed by atoms with Gasteiger partial charge in [-0.2, -0.15) is 0 Å². The molecule has 50 valence electrons. The fraction of sp³-hybridized carbons (Fsp3) is 0.800. The molecule has 0 saturated carbocycles. The molecule has 0 fully saturated rings. The first-order chi connectivity index (χ1) is 3.73. The van der Waals surface area contributed by atoms with Gasteiger partial charge in [-0.3, -0.25) is 4.79 Å². The van der Waals surface area contributed by atoms with E-state index >= 15 is 0 Å². The van der Waals surface area contributed by atoms with Crippen LogP contribution in [0.2, 0.25) is 19.6 Å². The van der Waals surface area contributed by atoms with Crippen molar-refractivity contribution in [2.24, 2.45) is 0 Å². The third-order valence-electron chi connectivity index (χ3n) is 0. The zero-order valence-electron chi connectivity index (χ0n) is 6.86. The Hall–Kier alpha value is 0.284. The van der Waals surface area contributed by atoms with Crippen molar-refractivity contribution >= 4 is 29.4 Å². The Morgan fingerprint density at radius 2 is 1.44 bits per heavy atom. The molecule has 0 spiro atoms. The zero-order chi connectivity index (χ0) is 8.08. The van der Waals surface area contributed by atoms with Gasteiger partial charge in [0.25, 0.3) is 5.97 Å². The minimum absolute atomic E-state index is 0.611. The molecule has 0 unspecified atom stereocenters. The molecule has 0 amide bonds. The molecule has 0 aromatic carbocycles. The van der Waals surface area contributed by atoms with E-state index < -0.39 is 12.4 Å². The molecule has 0 aliphatic rings. The number of aliphatic carboxylic acids is 1. The van der Waals surface area contributed by atoms with Gasteiger partial charge in [-0.15, -0.1) is 0 Å². The molecule has 9 heavy (non-hydrogen) atoms. The van der Waals surface area contributed by atoms with E-state index in [2.05, 4.69) is 36.7 Å². The molecule has 0 aromatic heterocycles. The van der Waals surface area contributed by atoms with Crippen LogP contribution < -0.4 is 0 Å². The molecule has 0 bridgehead atoms. The van der Waals surface area contributed by atoms with Gasteiger partial charge in [0.05, 0.1) is 0 Å². The Labute approximate surface area is 66.2 Å². The van der Waals surface area contributed by atoms with E-state index in [1.165, 1.54) is 0 Å². The summed E-state index contributed by atoms with van der Waals surface area (Å²) in [6.07, 6.45) is -0.611. The fourth-order valence-corrected chi connectivity index (χ4v) is 0. The van der Waals surface area contributed by atoms with Gasteiger partial charge in [0.2, 0.25) is 0 Å². The molecule has 0 atom stereocenters. The van der Waals surface area contributed by atoms with Gasteiger partial charge in [-0.25, -0.2) is 0 Å². The predicted molar refractivity (Wildman–Crippen MR) is 42.4 cm³/mol. The molecule has 0 radical (unpaired) electrons. The van der Waals surface area contributed by atoms with Crippen LogP contribution in [-0.4, -0.2) is 34.5 Å². The monoisotopic (exact) mass is 140 g/mol. The van der Waals surface area contributed by atoms with E-state index in [0.717, 1.165) is 6.92 Å². The van der Waals surface area contributed by atoms with E-state index in [1.54, 1.807) is 0 Å². The SMILES string of the molecule is CC(=O)O.[Li][Si](C)(C)C. The first-order valence-electron chi connectivity index (χ1n) is 2.93. The van der Waals surface area contributed by atoms with Crippen LogP contribution in [-0.2, 0) is 4.79 Å². The van der Waals surface area contributed by atoms with Gasteiger partial charge in [0.15, 0.2) is 0 Å². The molecule has 2 nitrogen and oxygen atoms in total. The quantitative estimate of drug-likeness (QED) is 0.511. The molecule has 0 aliphatic heterocycles. The summed E-state index contributed by atoms with van der Waals surface area (Å²) in [5.74, 6) is -0.833. The summed E-state index contributed by atoms with van der Waals surface area (Å²) in [6, 6.07) is 0. The maximum absolute atomic E-state index is 9.00. The Balaban J connectivity index is 0. The van der Waals surface area contributed by atoms with E-state index in [1.807, 2.05) is 0 Å². The van der Waals surface area contributed by atoms with Crippen molar-refractivity contribution in [2.45, 2.75) is 26.6 Å². The normalized spacial score (nSPS) is 9.56. The van der Waals surface area contributed by atoms with Gasteiger partial charge in [0, 0.05) is 6.92 Å². The summed E-state index contributed by atoms with van der Waals surface area (Å²) in [7, 11) is 0. The number of hydrogen-bond donors (Lipinski definition) is 1. The van der Waals surface area contributed by atoms with Crippen molar-refractivity contribution in [1.82, 2.24) is 0 Å². The van der Waals surface area contributed by atoms with Crippen LogP contribution in [0.4, 0.5) is 0 Å². The Morgan fingerprint density at radius 1 is 1.44 bits per heavy atom. The summed E-state index contributed by atoms with van der Waals surface area (Å²) in [5, 5.41) is 7.42. The van der Waals surface area contributed by atoms with E-state index in [-0.39, 0.29) is 0 Å².